The number of anilines is 2. The summed E-state index contributed by atoms with van der Waals surface area (Å²) in [5.41, 5.74) is 1.84. The van der Waals surface area contributed by atoms with Crippen LogP contribution in [0.15, 0.2) is 42.5 Å². The Morgan fingerprint density at radius 3 is 2.53 bits per heavy atom. The van der Waals surface area contributed by atoms with Crippen molar-refractivity contribution in [2.45, 2.75) is 26.3 Å². The molecule has 0 radical (unpaired) electrons. The number of methoxy groups -OCH3 is 1. The summed E-state index contributed by atoms with van der Waals surface area (Å²) in [7, 11) is 1.50. The predicted molar refractivity (Wildman–Crippen MR) is 123 cm³/mol. The number of thiazole rings is 1. The Morgan fingerprint density at radius 2 is 1.88 bits per heavy atom. The number of hydrogen-bond donors (Lipinski definition) is 3. The zero-order valence-corrected chi connectivity index (χ0v) is 18.7. The maximum atomic E-state index is 12.7. The average Bonchev–Trinajstić information content (AvgIpc) is 3.15. The van der Waals surface area contributed by atoms with E-state index in [0.717, 1.165) is 10.3 Å². The molecule has 0 aliphatic carbocycles. The van der Waals surface area contributed by atoms with Gasteiger partial charge in [-0.15, -0.1) is 0 Å². The van der Waals surface area contributed by atoms with E-state index in [1.807, 2.05) is 30.3 Å². The number of nitrogens with zero attached hydrogens (tertiary/aromatic N) is 1. The molecule has 0 spiro atoms. The van der Waals surface area contributed by atoms with Crippen molar-refractivity contribution in [3.8, 4) is 5.75 Å². The average molecular weight is 457 g/mol. The van der Waals surface area contributed by atoms with Crippen molar-refractivity contribution in [2.75, 3.05) is 24.4 Å². The van der Waals surface area contributed by atoms with Gasteiger partial charge in [0.25, 0.3) is 0 Å². The van der Waals surface area contributed by atoms with Gasteiger partial charge in [0.15, 0.2) is 5.13 Å². The third-order valence-electron chi connectivity index (χ3n) is 4.40. The van der Waals surface area contributed by atoms with Crippen LogP contribution < -0.4 is 20.7 Å². The number of benzene rings is 2. The molecule has 3 aromatic rings. The van der Waals surface area contributed by atoms with Crippen molar-refractivity contribution in [3.05, 3.63) is 48.0 Å². The quantitative estimate of drug-likeness (QED) is 0.440. The Balaban J connectivity index is 1.79. The first-order valence-corrected chi connectivity index (χ1v) is 10.8. The summed E-state index contributed by atoms with van der Waals surface area (Å²) in [5, 5.41) is 8.68. The number of aromatic nitrogens is 1. The highest BCUT2D eigenvalue weighted by molar-refractivity contribution is 7.22. The highest BCUT2D eigenvalue weighted by atomic mass is 32.1. The molecule has 3 amide bonds. The summed E-state index contributed by atoms with van der Waals surface area (Å²) >= 11 is 1.27. The van der Waals surface area contributed by atoms with E-state index in [9.17, 15) is 14.4 Å². The maximum absolute atomic E-state index is 12.7. The zero-order chi connectivity index (χ0) is 23.1. The molecule has 0 unspecified atom stereocenters. The number of esters is 1. The minimum Gasteiger partial charge on any atom is -0.494 e. The fourth-order valence-corrected chi connectivity index (χ4v) is 4.05. The molecule has 1 aromatic heterocycles. The number of fused-ring (bicyclic) bond motifs is 1. The molecule has 10 heteroatoms. The second kappa shape index (κ2) is 10.6. The number of nitrogens with one attached hydrogen (secondary N) is 3. The van der Waals surface area contributed by atoms with E-state index in [4.69, 9.17) is 9.47 Å². The molecule has 0 saturated heterocycles. The van der Waals surface area contributed by atoms with Crippen LogP contribution in [0.2, 0.25) is 0 Å². The number of carbonyl (C=O) groups excluding carboxylic acids is 3. The van der Waals surface area contributed by atoms with Gasteiger partial charge in [0, 0.05) is 18.7 Å². The summed E-state index contributed by atoms with van der Waals surface area (Å²) in [5.74, 6) is -0.175. The number of hydrogen-bond acceptors (Lipinski definition) is 7. The molecule has 3 rings (SSSR count). The first kappa shape index (κ1) is 23.0. The third-order valence-corrected chi connectivity index (χ3v) is 5.32. The Morgan fingerprint density at radius 1 is 1.12 bits per heavy atom. The minimum atomic E-state index is -0.560. The number of carbonyl (C=O) groups is 3. The second-order valence-electron chi connectivity index (χ2n) is 6.80. The molecular formula is C22H24N4O5S. The Labute approximate surface area is 189 Å². The molecule has 0 saturated carbocycles. The van der Waals surface area contributed by atoms with Crippen molar-refractivity contribution in [2.24, 2.45) is 0 Å². The molecule has 2 aromatic carbocycles. The van der Waals surface area contributed by atoms with E-state index in [0.29, 0.717) is 22.1 Å². The SMILES string of the molecule is CCOC(=O)C[C@@H](NC(=O)Nc1cc(OC)c2nc(NC(C)=O)sc2c1)c1ccccc1. The van der Waals surface area contributed by atoms with Crippen molar-refractivity contribution in [3.63, 3.8) is 0 Å². The molecule has 0 bridgehead atoms. The number of urea groups is 1. The van der Waals surface area contributed by atoms with E-state index in [-0.39, 0.29) is 18.9 Å². The first-order chi connectivity index (χ1) is 15.4. The van der Waals surface area contributed by atoms with Gasteiger partial charge in [0.2, 0.25) is 5.91 Å². The van der Waals surface area contributed by atoms with Gasteiger partial charge in [-0.3, -0.25) is 9.59 Å². The number of amides is 3. The molecule has 3 N–H and O–H groups in total. The van der Waals surface area contributed by atoms with Crippen molar-refractivity contribution in [1.82, 2.24) is 10.3 Å². The van der Waals surface area contributed by atoms with Crippen molar-refractivity contribution >= 4 is 50.3 Å². The first-order valence-electron chi connectivity index (χ1n) is 9.93. The van der Waals surface area contributed by atoms with Crippen LogP contribution in [-0.2, 0) is 14.3 Å². The van der Waals surface area contributed by atoms with Gasteiger partial charge in [-0.1, -0.05) is 41.7 Å². The summed E-state index contributed by atoms with van der Waals surface area (Å²) in [4.78, 5) is 40.5. The molecule has 0 aliphatic rings. The molecular weight excluding hydrogens is 432 g/mol. The van der Waals surface area contributed by atoms with Gasteiger partial charge in [0.05, 0.1) is 30.9 Å². The lowest BCUT2D eigenvalue weighted by Gasteiger charge is -2.19. The van der Waals surface area contributed by atoms with Gasteiger partial charge < -0.3 is 25.4 Å². The third kappa shape index (κ3) is 5.94. The topological polar surface area (TPSA) is 119 Å². The van der Waals surface area contributed by atoms with Crippen molar-refractivity contribution < 1.29 is 23.9 Å². The zero-order valence-electron chi connectivity index (χ0n) is 17.9. The van der Waals surface area contributed by atoms with Crippen LogP contribution in [0, 0.1) is 0 Å². The highest BCUT2D eigenvalue weighted by Gasteiger charge is 2.20. The van der Waals surface area contributed by atoms with Crippen LogP contribution in [-0.4, -0.2) is 36.6 Å². The van der Waals surface area contributed by atoms with Crippen LogP contribution >= 0.6 is 11.3 Å². The van der Waals surface area contributed by atoms with Crippen LogP contribution in [0.3, 0.4) is 0 Å². The van der Waals surface area contributed by atoms with Crippen LogP contribution in [0.1, 0.15) is 31.9 Å². The highest BCUT2D eigenvalue weighted by Crippen LogP contribution is 2.35. The predicted octanol–water partition coefficient (Wildman–Crippen LogP) is 4.08. The normalized spacial score (nSPS) is 11.5. The fourth-order valence-electron chi connectivity index (χ4n) is 3.08. The number of rotatable bonds is 8. The molecule has 0 fully saturated rings. The van der Waals surface area contributed by atoms with Crippen LogP contribution in [0.5, 0.6) is 5.75 Å². The molecule has 1 atom stereocenters. The molecule has 9 nitrogen and oxygen atoms in total. The van der Waals surface area contributed by atoms with E-state index < -0.39 is 18.0 Å². The Kier molecular flexibility index (Phi) is 7.61. The van der Waals surface area contributed by atoms with Gasteiger partial charge in [0.1, 0.15) is 11.3 Å². The molecule has 32 heavy (non-hydrogen) atoms. The lowest BCUT2D eigenvalue weighted by atomic mass is 10.0. The van der Waals surface area contributed by atoms with Crippen LogP contribution in [0.25, 0.3) is 10.2 Å². The standard InChI is InChI=1S/C22H24N4O5S/c1-4-31-19(28)12-16(14-8-6-5-7-9-14)25-21(29)24-15-10-17(30-3)20-18(11-15)32-22(26-20)23-13(2)27/h5-11,16H,4,12H2,1-3H3,(H,23,26,27)(H2,24,25,29)/t16-/m1/s1. The minimum absolute atomic E-state index is 0.00253. The van der Waals surface area contributed by atoms with Gasteiger partial charge in [-0.25, -0.2) is 9.78 Å². The Bertz CT molecular complexity index is 1120. The van der Waals surface area contributed by atoms with Gasteiger partial charge in [-0.2, -0.15) is 0 Å². The monoisotopic (exact) mass is 456 g/mol. The second-order valence-corrected chi connectivity index (χ2v) is 7.83. The Hall–Kier alpha value is -3.66. The number of ether oxygens (including phenoxy) is 2. The van der Waals surface area contributed by atoms with E-state index in [1.54, 1.807) is 19.1 Å². The lowest BCUT2D eigenvalue weighted by Crippen LogP contribution is -2.34. The largest absolute Gasteiger partial charge is 0.494 e. The van der Waals surface area contributed by atoms with Gasteiger partial charge in [-0.05, 0) is 18.6 Å². The van der Waals surface area contributed by atoms with E-state index in [1.165, 1.54) is 25.4 Å². The summed E-state index contributed by atoms with van der Waals surface area (Å²) in [6.45, 7) is 3.40. The van der Waals surface area contributed by atoms with E-state index >= 15 is 0 Å². The lowest BCUT2D eigenvalue weighted by molar-refractivity contribution is -0.143. The van der Waals surface area contributed by atoms with E-state index in [2.05, 4.69) is 20.9 Å². The molecule has 168 valence electrons. The van der Waals surface area contributed by atoms with Crippen molar-refractivity contribution in [1.29, 1.82) is 0 Å². The summed E-state index contributed by atoms with van der Waals surface area (Å²) in [6, 6.07) is 11.5. The molecule has 0 aliphatic heterocycles. The summed E-state index contributed by atoms with van der Waals surface area (Å²) < 4.78 is 11.2. The smallest absolute Gasteiger partial charge is 0.319 e. The summed E-state index contributed by atoms with van der Waals surface area (Å²) in [6.07, 6.45) is 0.00253. The van der Waals surface area contributed by atoms with Crippen LogP contribution in [0.4, 0.5) is 15.6 Å². The fraction of sp³-hybridized carbons (Fsp3) is 0.273. The molecule has 1 heterocycles. The van der Waals surface area contributed by atoms with Gasteiger partial charge >= 0.3 is 12.0 Å². The maximum Gasteiger partial charge on any atom is 0.319 e.